The Morgan fingerprint density at radius 3 is 1.30 bits per heavy atom. The molecular weight excluding hydrogens is 470 g/mol. The fourth-order valence-corrected chi connectivity index (χ4v) is 6.02. The highest BCUT2D eigenvalue weighted by atomic mass is 16.4. The van der Waals surface area contributed by atoms with Crippen LogP contribution in [0.15, 0.2) is 12.2 Å². The number of unbranched alkanes of at least 4 members (excludes halogenated alkanes) is 13. The van der Waals surface area contributed by atoms with Gasteiger partial charge in [-0.1, -0.05) is 97.1 Å². The van der Waals surface area contributed by atoms with Crippen molar-refractivity contribution in [3.05, 3.63) is 12.2 Å². The van der Waals surface area contributed by atoms with Gasteiger partial charge in [0.1, 0.15) is 6.04 Å². The molecule has 0 bridgehead atoms. The zero-order valence-electron chi connectivity index (χ0n) is 24.1. The van der Waals surface area contributed by atoms with Gasteiger partial charge in [0.2, 0.25) is 0 Å². The highest BCUT2D eigenvalue weighted by Crippen LogP contribution is 2.32. The van der Waals surface area contributed by atoms with Gasteiger partial charge in [-0.2, -0.15) is 0 Å². The molecule has 0 radical (unpaired) electrons. The van der Waals surface area contributed by atoms with Gasteiger partial charge < -0.3 is 20.1 Å². The Morgan fingerprint density at radius 2 is 1.00 bits per heavy atom. The Hall–Kier alpha value is -1.89. The quantitative estimate of drug-likeness (QED) is 0.0846. The highest BCUT2D eigenvalue weighted by molar-refractivity contribution is 5.77. The predicted molar refractivity (Wildman–Crippen MR) is 147 cm³/mol. The van der Waals surface area contributed by atoms with E-state index in [2.05, 4.69) is 19.1 Å². The molecule has 0 aromatic rings. The number of carboxylic acid groups (broad SMARTS) is 3. The van der Waals surface area contributed by atoms with Crippen LogP contribution in [0.3, 0.4) is 0 Å². The molecule has 0 aromatic carbocycles. The maximum atomic E-state index is 12.2. The zero-order chi connectivity index (χ0) is 28.1. The van der Waals surface area contributed by atoms with E-state index in [1.165, 1.54) is 64.2 Å². The normalized spacial score (nSPS) is 15.8. The van der Waals surface area contributed by atoms with Crippen molar-refractivity contribution < 1.29 is 34.2 Å². The molecule has 0 spiro atoms. The Kier molecular flexibility index (Phi) is 20.0. The number of carbonyl (C=O) groups excluding carboxylic acids is 1. The Balaban J connectivity index is 4.71. The Bertz CT molecular complexity index is 607. The third-order valence-electron chi connectivity index (χ3n) is 7.90. The number of carbonyl (C=O) groups is 3. The van der Waals surface area contributed by atoms with E-state index < -0.39 is 40.5 Å². The number of aliphatic carboxylic acids is 3. The summed E-state index contributed by atoms with van der Waals surface area (Å²) < 4.78 is -0.466. The standard InChI is InChI=1S/C30H55NO6/c1-5-9-10-11-12-13-14-15-16-17-18-19-20-21-22-23-24-31(25(6-2)28(32)33,26(7-3)29(34)35)27(8-4)30(36)37/h5,9,25-27H,6-8,10-24H2,1-4H3,(H2-,32,33,34,35,36,37)/b9-5+. The summed E-state index contributed by atoms with van der Waals surface area (Å²) in [7, 11) is 0. The number of hydrogen-bond donors (Lipinski definition) is 2. The average molecular weight is 526 g/mol. The Morgan fingerprint density at radius 1 is 0.649 bits per heavy atom. The number of hydrogen-bond acceptors (Lipinski definition) is 4. The first-order chi connectivity index (χ1) is 17.7. The molecule has 3 unspecified atom stereocenters. The molecular formula is C30H55NO6. The first-order valence-corrected chi connectivity index (χ1v) is 14.9. The maximum Gasteiger partial charge on any atom is 0.362 e. The molecule has 0 saturated carbocycles. The van der Waals surface area contributed by atoms with Crippen LogP contribution in [-0.2, 0) is 14.4 Å². The van der Waals surface area contributed by atoms with Crippen LogP contribution in [0.4, 0.5) is 0 Å². The minimum atomic E-state index is -1.37. The van der Waals surface area contributed by atoms with Crippen molar-refractivity contribution in [3.8, 4) is 0 Å². The van der Waals surface area contributed by atoms with Crippen molar-refractivity contribution in [2.75, 3.05) is 6.54 Å². The van der Waals surface area contributed by atoms with E-state index >= 15 is 0 Å². The van der Waals surface area contributed by atoms with Gasteiger partial charge in [0, 0.05) is 19.3 Å². The van der Waals surface area contributed by atoms with Crippen LogP contribution in [0.2, 0.25) is 0 Å². The lowest BCUT2D eigenvalue weighted by Gasteiger charge is -2.51. The molecule has 0 fully saturated rings. The first kappa shape index (κ1) is 35.1. The third kappa shape index (κ3) is 12.5. The summed E-state index contributed by atoms with van der Waals surface area (Å²) in [6, 6.07) is -3.37. The van der Waals surface area contributed by atoms with Gasteiger partial charge in [-0.3, -0.25) is 4.48 Å². The minimum absolute atomic E-state index is 0.131. The first-order valence-electron chi connectivity index (χ1n) is 14.9. The number of rotatable bonds is 25. The second-order valence-electron chi connectivity index (χ2n) is 10.4. The van der Waals surface area contributed by atoms with E-state index in [1.807, 2.05) is 0 Å². The monoisotopic (exact) mass is 525 g/mol. The van der Waals surface area contributed by atoms with E-state index in [1.54, 1.807) is 20.8 Å². The lowest BCUT2D eigenvalue weighted by atomic mass is 9.93. The van der Waals surface area contributed by atoms with Gasteiger partial charge in [-0.15, -0.1) is 0 Å². The molecule has 0 aromatic heterocycles. The van der Waals surface area contributed by atoms with Gasteiger partial charge in [0.05, 0.1) is 12.5 Å². The molecule has 0 rings (SSSR count). The highest BCUT2D eigenvalue weighted by Gasteiger charge is 2.53. The van der Waals surface area contributed by atoms with Gasteiger partial charge in [-0.25, -0.2) is 9.59 Å². The predicted octanol–water partition coefficient (Wildman–Crippen LogP) is 6.10. The van der Waals surface area contributed by atoms with Crippen molar-refractivity contribution in [2.24, 2.45) is 0 Å². The molecule has 37 heavy (non-hydrogen) atoms. The van der Waals surface area contributed by atoms with E-state index in [-0.39, 0.29) is 25.8 Å². The van der Waals surface area contributed by atoms with E-state index in [9.17, 15) is 29.7 Å². The topological polar surface area (TPSA) is 115 Å². The van der Waals surface area contributed by atoms with Crippen LogP contribution in [0, 0.1) is 0 Å². The van der Waals surface area contributed by atoms with Gasteiger partial charge in [0.15, 0.2) is 12.1 Å². The lowest BCUT2D eigenvalue weighted by Crippen LogP contribution is -2.73. The fourth-order valence-electron chi connectivity index (χ4n) is 6.02. The summed E-state index contributed by atoms with van der Waals surface area (Å²) in [5.74, 6) is -3.65. The molecule has 2 N–H and O–H groups in total. The summed E-state index contributed by atoms with van der Waals surface area (Å²) in [6.07, 6.45) is 21.1. The second-order valence-corrected chi connectivity index (χ2v) is 10.4. The van der Waals surface area contributed by atoms with Crippen LogP contribution in [-0.4, -0.2) is 57.3 Å². The van der Waals surface area contributed by atoms with Crippen LogP contribution in [0.25, 0.3) is 0 Å². The molecule has 0 aliphatic heterocycles. The van der Waals surface area contributed by atoms with Crippen LogP contribution < -0.4 is 5.11 Å². The molecule has 7 heteroatoms. The number of allylic oxidation sites excluding steroid dienone is 2. The van der Waals surface area contributed by atoms with Crippen molar-refractivity contribution in [1.82, 2.24) is 0 Å². The van der Waals surface area contributed by atoms with Gasteiger partial charge >= 0.3 is 11.9 Å². The van der Waals surface area contributed by atoms with E-state index in [0.29, 0.717) is 6.42 Å². The lowest BCUT2D eigenvalue weighted by molar-refractivity contribution is -0.974. The number of nitrogens with zero attached hydrogens (tertiary/aromatic N) is 1. The molecule has 0 heterocycles. The van der Waals surface area contributed by atoms with Crippen LogP contribution >= 0.6 is 0 Å². The van der Waals surface area contributed by atoms with Crippen molar-refractivity contribution in [1.29, 1.82) is 0 Å². The zero-order valence-corrected chi connectivity index (χ0v) is 24.1. The fraction of sp³-hybridized carbons (Fsp3) is 0.833. The summed E-state index contributed by atoms with van der Waals surface area (Å²) in [5.41, 5.74) is 0. The molecule has 0 amide bonds. The molecule has 3 atom stereocenters. The summed E-state index contributed by atoms with van der Waals surface area (Å²) >= 11 is 0. The molecule has 216 valence electrons. The summed E-state index contributed by atoms with van der Waals surface area (Å²) in [6.45, 7) is 7.33. The second kappa shape index (κ2) is 21.1. The third-order valence-corrected chi connectivity index (χ3v) is 7.90. The Labute approximate surface area is 225 Å². The van der Waals surface area contributed by atoms with Gasteiger partial charge in [-0.05, 0) is 32.6 Å². The van der Waals surface area contributed by atoms with E-state index in [4.69, 9.17) is 0 Å². The average Bonchev–Trinajstić information content (AvgIpc) is 2.84. The van der Waals surface area contributed by atoms with E-state index in [0.717, 1.165) is 19.3 Å². The van der Waals surface area contributed by atoms with Crippen molar-refractivity contribution >= 4 is 17.9 Å². The number of carboxylic acids is 3. The molecule has 0 aliphatic rings. The SMILES string of the molecule is C/C=C/CCCCCCCCCCCCCCC[N+](C(CC)C(=O)[O-])(C(CC)C(=O)O)C(CC)C(=O)O. The summed E-state index contributed by atoms with van der Waals surface area (Å²) in [5, 5.41) is 32.1. The van der Waals surface area contributed by atoms with Crippen LogP contribution in [0.5, 0.6) is 0 Å². The molecule has 7 nitrogen and oxygen atoms in total. The van der Waals surface area contributed by atoms with Gasteiger partial charge in [0.25, 0.3) is 0 Å². The van der Waals surface area contributed by atoms with Crippen LogP contribution in [0.1, 0.15) is 137 Å². The largest absolute Gasteiger partial charge is 0.544 e. The smallest absolute Gasteiger partial charge is 0.362 e. The molecule has 0 saturated heterocycles. The van der Waals surface area contributed by atoms with Crippen molar-refractivity contribution in [2.45, 2.75) is 155 Å². The number of quaternary nitrogens is 1. The molecule has 0 aliphatic carbocycles. The minimum Gasteiger partial charge on any atom is -0.544 e. The summed E-state index contributed by atoms with van der Waals surface area (Å²) in [4.78, 5) is 36.5. The van der Waals surface area contributed by atoms with Crippen molar-refractivity contribution in [3.63, 3.8) is 0 Å². The maximum absolute atomic E-state index is 12.2.